The van der Waals surface area contributed by atoms with E-state index in [4.69, 9.17) is 20.8 Å². The molecule has 106 valence electrons. The van der Waals surface area contributed by atoms with Crippen LogP contribution in [0, 0.1) is 0 Å². The predicted octanol–water partition coefficient (Wildman–Crippen LogP) is 3.69. The lowest BCUT2D eigenvalue weighted by molar-refractivity contribution is 0.0559. The van der Waals surface area contributed by atoms with Gasteiger partial charge in [-0.25, -0.2) is 9.78 Å². The molecule has 2 aromatic rings. The van der Waals surface area contributed by atoms with Crippen molar-refractivity contribution in [2.75, 3.05) is 14.2 Å². The first kappa shape index (κ1) is 15.0. The standard InChI is InChI=1S/C13H11BrClNO4/c1-18-6-10-11(13(17)19-2)20-12(16-10)7-3-4-8(14)9(15)5-7/h3-5H,6H2,1-2H3. The molecular weight excluding hydrogens is 350 g/mol. The number of oxazole rings is 1. The van der Waals surface area contributed by atoms with Crippen molar-refractivity contribution in [3.8, 4) is 11.5 Å². The summed E-state index contributed by atoms with van der Waals surface area (Å²) in [5.41, 5.74) is 1.04. The van der Waals surface area contributed by atoms with E-state index in [1.807, 2.05) is 0 Å². The fourth-order valence-electron chi connectivity index (χ4n) is 1.59. The highest BCUT2D eigenvalue weighted by Crippen LogP contribution is 2.29. The highest BCUT2D eigenvalue weighted by Gasteiger charge is 2.21. The minimum absolute atomic E-state index is 0.0309. The number of esters is 1. The highest BCUT2D eigenvalue weighted by atomic mass is 79.9. The molecule has 0 radical (unpaired) electrons. The Kier molecular flexibility index (Phi) is 4.80. The number of methoxy groups -OCH3 is 2. The third-order valence-corrected chi connectivity index (χ3v) is 3.75. The number of ether oxygens (including phenoxy) is 2. The summed E-state index contributed by atoms with van der Waals surface area (Å²) in [6, 6.07) is 5.24. The van der Waals surface area contributed by atoms with Gasteiger partial charge >= 0.3 is 5.97 Å². The summed E-state index contributed by atoms with van der Waals surface area (Å²) in [5, 5.41) is 0.522. The SMILES string of the molecule is COCc1nc(-c2ccc(Br)c(Cl)c2)oc1C(=O)OC. The van der Waals surface area contributed by atoms with Gasteiger partial charge in [0.1, 0.15) is 5.69 Å². The van der Waals surface area contributed by atoms with Crippen LogP contribution in [0.25, 0.3) is 11.5 Å². The van der Waals surface area contributed by atoms with E-state index in [-0.39, 0.29) is 18.3 Å². The van der Waals surface area contributed by atoms with Gasteiger partial charge in [0.05, 0.1) is 18.7 Å². The molecule has 2 rings (SSSR count). The topological polar surface area (TPSA) is 61.6 Å². The van der Waals surface area contributed by atoms with Crippen molar-refractivity contribution >= 4 is 33.5 Å². The molecule has 0 bridgehead atoms. The molecule has 5 nitrogen and oxygen atoms in total. The van der Waals surface area contributed by atoms with Gasteiger partial charge in [-0.2, -0.15) is 0 Å². The lowest BCUT2D eigenvalue weighted by Crippen LogP contribution is -2.04. The van der Waals surface area contributed by atoms with Gasteiger partial charge < -0.3 is 13.9 Å². The lowest BCUT2D eigenvalue weighted by atomic mass is 10.2. The summed E-state index contributed by atoms with van der Waals surface area (Å²) in [7, 11) is 2.78. The molecule has 0 spiro atoms. The summed E-state index contributed by atoms with van der Waals surface area (Å²) in [5.74, 6) is -0.283. The molecule has 0 unspecified atom stereocenters. The number of aromatic nitrogens is 1. The zero-order chi connectivity index (χ0) is 14.7. The Morgan fingerprint density at radius 3 is 2.80 bits per heavy atom. The molecule has 1 aromatic carbocycles. The van der Waals surface area contributed by atoms with Crippen LogP contribution in [-0.2, 0) is 16.1 Å². The van der Waals surface area contributed by atoms with E-state index in [1.54, 1.807) is 18.2 Å². The van der Waals surface area contributed by atoms with Crippen molar-refractivity contribution in [2.24, 2.45) is 0 Å². The fourth-order valence-corrected chi connectivity index (χ4v) is 2.02. The van der Waals surface area contributed by atoms with Gasteiger partial charge in [0.15, 0.2) is 0 Å². The van der Waals surface area contributed by atoms with E-state index in [1.165, 1.54) is 14.2 Å². The Labute approximate surface area is 129 Å². The summed E-state index contributed by atoms with van der Waals surface area (Å²) in [4.78, 5) is 15.9. The van der Waals surface area contributed by atoms with E-state index < -0.39 is 5.97 Å². The number of nitrogens with zero attached hydrogens (tertiary/aromatic N) is 1. The number of hydrogen-bond acceptors (Lipinski definition) is 5. The van der Waals surface area contributed by atoms with Gasteiger partial charge in [0.25, 0.3) is 0 Å². The zero-order valence-corrected chi connectivity index (χ0v) is 13.1. The lowest BCUT2D eigenvalue weighted by Gasteiger charge is -1.98. The Morgan fingerprint density at radius 2 is 2.20 bits per heavy atom. The number of halogens is 2. The third kappa shape index (κ3) is 3.03. The van der Waals surface area contributed by atoms with Crippen LogP contribution < -0.4 is 0 Å². The van der Waals surface area contributed by atoms with Gasteiger partial charge in [0, 0.05) is 17.1 Å². The van der Waals surface area contributed by atoms with Gasteiger partial charge in [-0.1, -0.05) is 11.6 Å². The molecule has 0 aliphatic heterocycles. The van der Waals surface area contributed by atoms with Crippen molar-refractivity contribution in [1.82, 2.24) is 4.98 Å². The van der Waals surface area contributed by atoms with Crippen LogP contribution in [-0.4, -0.2) is 25.2 Å². The first-order valence-electron chi connectivity index (χ1n) is 5.59. The average molecular weight is 361 g/mol. The van der Waals surface area contributed by atoms with E-state index >= 15 is 0 Å². The number of carbonyl (C=O) groups is 1. The Hall–Kier alpha value is -1.37. The molecule has 0 aliphatic carbocycles. The van der Waals surface area contributed by atoms with Gasteiger partial charge in [0.2, 0.25) is 11.7 Å². The molecule has 20 heavy (non-hydrogen) atoms. The number of carbonyl (C=O) groups excluding carboxylic acids is 1. The second-order valence-corrected chi connectivity index (χ2v) is 5.11. The monoisotopic (exact) mass is 359 g/mol. The predicted molar refractivity (Wildman–Crippen MR) is 76.7 cm³/mol. The molecule has 1 aromatic heterocycles. The molecule has 0 aliphatic rings. The normalized spacial score (nSPS) is 10.6. The van der Waals surface area contributed by atoms with Crippen LogP contribution in [0.3, 0.4) is 0 Å². The van der Waals surface area contributed by atoms with Gasteiger partial charge in [-0.05, 0) is 34.1 Å². The largest absolute Gasteiger partial charge is 0.463 e. The van der Waals surface area contributed by atoms with E-state index in [2.05, 4.69) is 25.7 Å². The first-order chi connectivity index (χ1) is 9.56. The van der Waals surface area contributed by atoms with Crippen LogP contribution in [0.2, 0.25) is 5.02 Å². The third-order valence-electron chi connectivity index (χ3n) is 2.52. The average Bonchev–Trinajstić information content (AvgIpc) is 2.85. The van der Waals surface area contributed by atoms with Crippen LogP contribution in [0.5, 0.6) is 0 Å². The van der Waals surface area contributed by atoms with Gasteiger partial charge in [-0.3, -0.25) is 0 Å². The summed E-state index contributed by atoms with van der Waals surface area (Å²) in [6.07, 6.45) is 0. The van der Waals surface area contributed by atoms with E-state index in [9.17, 15) is 4.79 Å². The number of benzene rings is 1. The number of rotatable bonds is 4. The van der Waals surface area contributed by atoms with E-state index in [0.717, 1.165) is 4.47 Å². The first-order valence-corrected chi connectivity index (χ1v) is 6.76. The molecule has 0 amide bonds. The Bertz CT molecular complexity index is 641. The molecular formula is C13H11BrClNO4. The quantitative estimate of drug-likeness (QED) is 0.778. The summed E-state index contributed by atoms with van der Waals surface area (Å²) < 4.78 is 15.9. The molecule has 0 saturated heterocycles. The smallest absolute Gasteiger partial charge is 0.376 e. The van der Waals surface area contributed by atoms with Crippen LogP contribution in [0.4, 0.5) is 0 Å². The van der Waals surface area contributed by atoms with Crippen molar-refractivity contribution in [3.05, 3.63) is 39.1 Å². The van der Waals surface area contributed by atoms with Crippen molar-refractivity contribution < 1.29 is 18.7 Å². The fraction of sp³-hybridized carbons (Fsp3) is 0.231. The van der Waals surface area contributed by atoms with Crippen molar-refractivity contribution in [2.45, 2.75) is 6.61 Å². The van der Waals surface area contributed by atoms with E-state index in [0.29, 0.717) is 16.3 Å². The summed E-state index contributed by atoms with van der Waals surface area (Å²) >= 11 is 9.33. The highest BCUT2D eigenvalue weighted by molar-refractivity contribution is 9.10. The minimum atomic E-state index is -0.598. The Balaban J connectivity index is 2.46. The van der Waals surface area contributed by atoms with Gasteiger partial charge in [-0.15, -0.1) is 0 Å². The molecule has 0 atom stereocenters. The van der Waals surface area contributed by atoms with Crippen LogP contribution >= 0.6 is 27.5 Å². The number of hydrogen-bond donors (Lipinski definition) is 0. The maximum absolute atomic E-state index is 11.6. The second kappa shape index (κ2) is 6.39. The maximum atomic E-state index is 11.6. The molecule has 0 saturated carbocycles. The molecule has 0 N–H and O–H groups in total. The van der Waals surface area contributed by atoms with Crippen LogP contribution in [0.15, 0.2) is 27.1 Å². The Morgan fingerprint density at radius 1 is 1.45 bits per heavy atom. The van der Waals surface area contributed by atoms with Crippen molar-refractivity contribution in [3.63, 3.8) is 0 Å². The molecule has 0 fully saturated rings. The zero-order valence-electron chi connectivity index (χ0n) is 10.8. The molecule has 1 heterocycles. The second-order valence-electron chi connectivity index (χ2n) is 3.85. The van der Waals surface area contributed by atoms with Crippen molar-refractivity contribution in [1.29, 1.82) is 0 Å². The minimum Gasteiger partial charge on any atom is -0.463 e. The summed E-state index contributed by atoms with van der Waals surface area (Å²) in [6.45, 7) is 0.151. The molecule has 7 heteroatoms. The van der Waals surface area contributed by atoms with Crippen LogP contribution in [0.1, 0.15) is 16.2 Å². The maximum Gasteiger partial charge on any atom is 0.376 e.